The van der Waals surface area contributed by atoms with E-state index in [1.165, 1.54) is 5.57 Å². The fourth-order valence-electron chi connectivity index (χ4n) is 7.54. The van der Waals surface area contributed by atoms with E-state index in [9.17, 15) is 14.4 Å². The summed E-state index contributed by atoms with van der Waals surface area (Å²) in [6.07, 6.45) is 10.1. The second-order valence-electron chi connectivity index (χ2n) is 11.9. The first-order chi connectivity index (χ1) is 14.0. The van der Waals surface area contributed by atoms with Crippen molar-refractivity contribution in [1.82, 2.24) is 0 Å². The van der Waals surface area contributed by atoms with E-state index in [-0.39, 0.29) is 35.1 Å². The highest BCUT2D eigenvalue weighted by molar-refractivity contribution is 5.91. The Kier molecular flexibility index (Phi) is 5.30. The third-order valence-electron chi connectivity index (χ3n) is 9.31. The number of ether oxygens (including phenoxy) is 1. The van der Waals surface area contributed by atoms with Crippen molar-refractivity contribution < 1.29 is 19.1 Å². The second-order valence-corrected chi connectivity index (χ2v) is 11.9. The molecule has 4 rings (SSSR count). The predicted molar refractivity (Wildman–Crippen MR) is 116 cm³/mol. The van der Waals surface area contributed by atoms with Gasteiger partial charge in [-0.1, -0.05) is 19.4 Å². The molecule has 3 fully saturated rings. The number of rotatable bonds is 3. The molecule has 0 spiro atoms. The van der Waals surface area contributed by atoms with Gasteiger partial charge in [0, 0.05) is 12.3 Å². The summed E-state index contributed by atoms with van der Waals surface area (Å²) < 4.78 is 5.38. The zero-order valence-corrected chi connectivity index (χ0v) is 19.4. The molecule has 4 nitrogen and oxygen atoms in total. The summed E-state index contributed by atoms with van der Waals surface area (Å²) >= 11 is 0. The van der Waals surface area contributed by atoms with Crippen molar-refractivity contribution in [1.29, 1.82) is 0 Å². The lowest BCUT2D eigenvalue weighted by atomic mass is 9.46. The van der Waals surface area contributed by atoms with E-state index in [1.54, 1.807) is 0 Å². The molecule has 0 aromatic carbocycles. The third-order valence-corrected chi connectivity index (χ3v) is 9.31. The molecule has 4 heteroatoms. The summed E-state index contributed by atoms with van der Waals surface area (Å²) in [5.74, 6) is 1.98. The van der Waals surface area contributed by atoms with Gasteiger partial charge >= 0.3 is 5.97 Å². The molecule has 0 saturated heterocycles. The molecular formula is C26H38O4. The van der Waals surface area contributed by atoms with E-state index in [0.717, 1.165) is 44.9 Å². The maximum absolute atomic E-state index is 13.1. The van der Waals surface area contributed by atoms with Gasteiger partial charge in [0.15, 0.2) is 11.6 Å². The van der Waals surface area contributed by atoms with Crippen molar-refractivity contribution in [3.05, 3.63) is 11.6 Å². The van der Waals surface area contributed by atoms with E-state index in [4.69, 9.17) is 4.74 Å². The lowest BCUT2D eigenvalue weighted by Crippen LogP contribution is -2.51. The Hall–Kier alpha value is -1.45. The van der Waals surface area contributed by atoms with Crippen LogP contribution in [0.2, 0.25) is 0 Å². The van der Waals surface area contributed by atoms with Crippen LogP contribution in [0.3, 0.4) is 0 Å². The van der Waals surface area contributed by atoms with Crippen LogP contribution in [-0.4, -0.2) is 24.1 Å². The van der Waals surface area contributed by atoms with Crippen LogP contribution in [0.5, 0.6) is 0 Å². The summed E-state index contributed by atoms with van der Waals surface area (Å²) in [5.41, 5.74) is 1.00. The molecule has 30 heavy (non-hydrogen) atoms. The number of hydrogen-bond donors (Lipinski definition) is 0. The molecule has 0 heterocycles. The number of ketones is 2. The normalized spacial score (nSPS) is 40.7. The highest BCUT2D eigenvalue weighted by atomic mass is 16.5. The fourth-order valence-corrected chi connectivity index (χ4v) is 7.54. The summed E-state index contributed by atoms with van der Waals surface area (Å²) in [5, 5.41) is 0. The highest BCUT2D eigenvalue weighted by Crippen LogP contribution is 2.66. The third kappa shape index (κ3) is 3.39. The molecule has 166 valence electrons. The molecular weight excluding hydrogens is 376 g/mol. The first-order valence-electron chi connectivity index (χ1n) is 11.9. The standard InChI is InChI=1S/C26H38O4/c1-24(2,3)23(29)30-15-22(28)21-9-8-19-18-7-6-16-14-17(27)10-12-25(16,4)20(18)11-13-26(19,21)5/h14,18-21H,6-13,15H2,1-5H3/t18-,19+,20-,21-,25-,26+/m1/s1. The van der Waals surface area contributed by atoms with Gasteiger partial charge in [0.2, 0.25) is 0 Å². The van der Waals surface area contributed by atoms with Crippen molar-refractivity contribution in [2.45, 2.75) is 86.0 Å². The number of hydrogen-bond acceptors (Lipinski definition) is 4. The lowest BCUT2D eigenvalue weighted by molar-refractivity contribution is -0.158. The first-order valence-corrected chi connectivity index (χ1v) is 11.9. The maximum Gasteiger partial charge on any atom is 0.311 e. The second kappa shape index (κ2) is 7.31. The van der Waals surface area contributed by atoms with Crippen LogP contribution in [0.1, 0.15) is 86.0 Å². The van der Waals surface area contributed by atoms with Gasteiger partial charge in [0.1, 0.15) is 6.61 Å². The van der Waals surface area contributed by atoms with Gasteiger partial charge in [-0.25, -0.2) is 0 Å². The summed E-state index contributed by atoms with van der Waals surface area (Å²) in [4.78, 5) is 37.2. The molecule has 0 amide bonds. The van der Waals surface area contributed by atoms with Crippen molar-refractivity contribution in [2.75, 3.05) is 6.61 Å². The molecule has 4 aliphatic carbocycles. The van der Waals surface area contributed by atoms with E-state index in [0.29, 0.717) is 30.0 Å². The largest absolute Gasteiger partial charge is 0.457 e. The van der Waals surface area contributed by atoms with E-state index < -0.39 is 5.41 Å². The Morgan fingerprint density at radius 3 is 2.47 bits per heavy atom. The molecule has 6 atom stereocenters. The lowest BCUT2D eigenvalue weighted by Gasteiger charge is -2.58. The molecule has 3 saturated carbocycles. The zero-order valence-electron chi connectivity index (χ0n) is 19.4. The van der Waals surface area contributed by atoms with Crippen molar-refractivity contribution >= 4 is 17.5 Å². The molecule has 0 bridgehead atoms. The monoisotopic (exact) mass is 414 g/mol. The highest BCUT2D eigenvalue weighted by Gasteiger charge is 2.60. The van der Waals surface area contributed by atoms with Crippen LogP contribution in [0.4, 0.5) is 0 Å². The summed E-state index contributed by atoms with van der Waals surface area (Å²) in [6, 6.07) is 0. The molecule has 0 aromatic rings. The predicted octanol–water partition coefficient (Wildman–Crippen LogP) is 5.29. The maximum atomic E-state index is 13.1. The Bertz CT molecular complexity index is 787. The minimum absolute atomic E-state index is 0.00824. The van der Waals surface area contributed by atoms with Gasteiger partial charge in [-0.3, -0.25) is 14.4 Å². The van der Waals surface area contributed by atoms with Crippen LogP contribution in [-0.2, 0) is 19.1 Å². The average molecular weight is 415 g/mol. The average Bonchev–Trinajstić information content (AvgIpc) is 3.03. The van der Waals surface area contributed by atoms with Crippen molar-refractivity contribution in [2.24, 2.45) is 39.9 Å². The Labute approximate surface area is 181 Å². The van der Waals surface area contributed by atoms with E-state index in [1.807, 2.05) is 26.8 Å². The van der Waals surface area contributed by atoms with Gasteiger partial charge in [0.05, 0.1) is 5.41 Å². The van der Waals surface area contributed by atoms with Gasteiger partial charge in [-0.05, 0) is 100 Å². The molecule has 0 unspecified atom stereocenters. The molecule has 0 radical (unpaired) electrons. The number of esters is 1. The van der Waals surface area contributed by atoms with Crippen molar-refractivity contribution in [3.63, 3.8) is 0 Å². The Morgan fingerprint density at radius 2 is 1.77 bits per heavy atom. The number of carbonyl (C=O) groups excluding carboxylic acids is 3. The topological polar surface area (TPSA) is 60.4 Å². The summed E-state index contributed by atoms with van der Waals surface area (Å²) in [6.45, 7) is 10.1. The fraction of sp³-hybridized carbons (Fsp3) is 0.808. The van der Waals surface area contributed by atoms with Gasteiger partial charge in [-0.15, -0.1) is 0 Å². The number of carbonyl (C=O) groups is 3. The Morgan fingerprint density at radius 1 is 1.03 bits per heavy atom. The summed E-state index contributed by atoms with van der Waals surface area (Å²) in [7, 11) is 0. The van der Waals surface area contributed by atoms with Gasteiger partial charge < -0.3 is 4.74 Å². The minimum atomic E-state index is -0.579. The van der Waals surface area contributed by atoms with Crippen LogP contribution in [0.25, 0.3) is 0 Å². The van der Waals surface area contributed by atoms with E-state index >= 15 is 0 Å². The van der Waals surface area contributed by atoms with Crippen LogP contribution < -0.4 is 0 Å². The zero-order chi connectivity index (χ0) is 21.9. The smallest absolute Gasteiger partial charge is 0.311 e. The van der Waals surface area contributed by atoms with Crippen LogP contribution in [0, 0.1) is 39.9 Å². The molecule has 4 aliphatic rings. The van der Waals surface area contributed by atoms with Gasteiger partial charge in [-0.2, -0.15) is 0 Å². The van der Waals surface area contributed by atoms with Crippen molar-refractivity contribution in [3.8, 4) is 0 Å². The number of fused-ring (bicyclic) bond motifs is 5. The van der Waals surface area contributed by atoms with Gasteiger partial charge in [0.25, 0.3) is 0 Å². The SMILES string of the molecule is CC(C)(C)C(=O)OCC(=O)[C@H]1CC[C@H]2[C@H]3CCC4=CC(=O)CC[C@@]4(C)[C@@H]3CC[C@]12C. The first kappa shape index (κ1) is 21.8. The van der Waals surface area contributed by atoms with Crippen LogP contribution >= 0.6 is 0 Å². The molecule has 0 N–H and O–H groups in total. The molecule has 0 aromatic heterocycles. The number of Topliss-reactive ketones (excluding diaryl/α,β-unsaturated/α-hetero) is 1. The Balaban J connectivity index is 1.49. The quantitative estimate of drug-likeness (QED) is 0.589. The number of allylic oxidation sites excluding steroid dienone is 1. The van der Waals surface area contributed by atoms with Crippen LogP contribution in [0.15, 0.2) is 11.6 Å². The van der Waals surface area contributed by atoms with E-state index in [2.05, 4.69) is 13.8 Å². The molecule has 0 aliphatic heterocycles. The minimum Gasteiger partial charge on any atom is -0.457 e.